The lowest BCUT2D eigenvalue weighted by Crippen LogP contribution is -2.52. The predicted octanol–water partition coefficient (Wildman–Crippen LogP) is 1.50. The average molecular weight is 235 g/mol. The fraction of sp³-hybridized carbons (Fsp3) is 0.615. The van der Waals surface area contributed by atoms with Crippen molar-refractivity contribution >= 4 is 5.91 Å². The first-order valence-electron chi connectivity index (χ1n) is 6.29. The van der Waals surface area contributed by atoms with Crippen molar-refractivity contribution in [2.24, 2.45) is 0 Å². The third kappa shape index (κ3) is 2.36. The fourth-order valence-corrected chi connectivity index (χ4v) is 2.32. The van der Waals surface area contributed by atoms with Crippen molar-refractivity contribution in [1.82, 2.24) is 14.8 Å². The Hall–Kier alpha value is -1.29. The summed E-state index contributed by atoms with van der Waals surface area (Å²) >= 11 is 0. The van der Waals surface area contributed by atoms with Gasteiger partial charge in [-0.3, -0.25) is 4.79 Å². The summed E-state index contributed by atoms with van der Waals surface area (Å²) in [6, 6.07) is 4.45. The van der Waals surface area contributed by atoms with E-state index in [-0.39, 0.29) is 11.9 Å². The van der Waals surface area contributed by atoms with Crippen LogP contribution >= 0.6 is 0 Å². The van der Waals surface area contributed by atoms with Gasteiger partial charge in [-0.15, -0.1) is 0 Å². The van der Waals surface area contributed by atoms with Gasteiger partial charge in [0.1, 0.15) is 5.69 Å². The highest BCUT2D eigenvalue weighted by Gasteiger charge is 2.26. The summed E-state index contributed by atoms with van der Waals surface area (Å²) in [4.78, 5) is 14.4. The summed E-state index contributed by atoms with van der Waals surface area (Å²) in [6.07, 6.45) is 1.98. The number of carbonyl (C=O) groups is 1. The molecular weight excluding hydrogens is 214 g/mol. The number of aromatic nitrogens is 1. The second kappa shape index (κ2) is 4.92. The van der Waals surface area contributed by atoms with Crippen molar-refractivity contribution in [1.29, 1.82) is 0 Å². The van der Waals surface area contributed by atoms with E-state index in [2.05, 4.69) is 26.1 Å². The average Bonchev–Trinajstić information content (AvgIpc) is 2.77. The van der Waals surface area contributed by atoms with Crippen LogP contribution < -0.4 is 5.32 Å². The summed E-state index contributed by atoms with van der Waals surface area (Å²) in [7, 11) is 0. The van der Waals surface area contributed by atoms with Crippen LogP contribution in [0.25, 0.3) is 0 Å². The van der Waals surface area contributed by atoms with Gasteiger partial charge in [0, 0.05) is 37.9 Å². The summed E-state index contributed by atoms with van der Waals surface area (Å²) in [5, 5.41) is 3.30. The van der Waals surface area contributed by atoms with Gasteiger partial charge in [-0.1, -0.05) is 0 Å². The fourth-order valence-electron chi connectivity index (χ4n) is 2.32. The Balaban J connectivity index is 2.21. The number of nitrogens with one attached hydrogen (secondary N) is 1. The molecule has 0 saturated carbocycles. The molecule has 0 bridgehead atoms. The van der Waals surface area contributed by atoms with Crippen molar-refractivity contribution in [2.45, 2.75) is 32.9 Å². The molecule has 1 aromatic rings. The zero-order valence-corrected chi connectivity index (χ0v) is 10.8. The van der Waals surface area contributed by atoms with E-state index in [1.807, 2.05) is 27.8 Å². The van der Waals surface area contributed by atoms with E-state index in [1.165, 1.54) is 0 Å². The predicted molar refractivity (Wildman–Crippen MR) is 68.2 cm³/mol. The number of hydrogen-bond acceptors (Lipinski definition) is 2. The van der Waals surface area contributed by atoms with Crippen LogP contribution in [0.1, 0.15) is 37.3 Å². The number of rotatable bonds is 2. The highest BCUT2D eigenvalue weighted by atomic mass is 16.2. The minimum atomic E-state index is 0.151. The van der Waals surface area contributed by atoms with Crippen LogP contribution in [-0.4, -0.2) is 41.1 Å². The minimum Gasteiger partial charge on any atom is -0.341 e. The van der Waals surface area contributed by atoms with Crippen LogP contribution in [0.15, 0.2) is 18.3 Å². The Labute approximate surface area is 103 Å². The van der Waals surface area contributed by atoms with Gasteiger partial charge in [-0.05, 0) is 32.9 Å². The third-order valence-electron chi connectivity index (χ3n) is 3.32. The molecule has 0 aromatic carbocycles. The normalized spacial score (nSPS) is 20.9. The SMILES string of the molecule is CC1CNCCN1C(=O)c1cccn1C(C)C. The molecule has 1 amide bonds. The molecule has 1 fully saturated rings. The summed E-state index contributed by atoms with van der Waals surface area (Å²) < 4.78 is 2.04. The van der Waals surface area contributed by atoms with E-state index >= 15 is 0 Å². The maximum atomic E-state index is 12.5. The zero-order chi connectivity index (χ0) is 12.4. The summed E-state index contributed by atoms with van der Waals surface area (Å²) in [5.74, 6) is 0.151. The lowest BCUT2D eigenvalue weighted by Gasteiger charge is -2.34. The maximum absolute atomic E-state index is 12.5. The Morgan fingerprint density at radius 2 is 2.29 bits per heavy atom. The van der Waals surface area contributed by atoms with Crippen molar-refractivity contribution in [3.8, 4) is 0 Å². The molecule has 0 aliphatic carbocycles. The largest absolute Gasteiger partial charge is 0.341 e. The summed E-state index contributed by atoms with van der Waals surface area (Å²) in [5.41, 5.74) is 0.800. The van der Waals surface area contributed by atoms with Crippen LogP contribution in [-0.2, 0) is 0 Å². The Bertz CT molecular complexity index is 397. The molecular formula is C13H21N3O. The first kappa shape index (κ1) is 12.2. The van der Waals surface area contributed by atoms with Crippen molar-refractivity contribution in [2.75, 3.05) is 19.6 Å². The first-order valence-corrected chi connectivity index (χ1v) is 6.29. The Morgan fingerprint density at radius 1 is 1.53 bits per heavy atom. The molecule has 2 heterocycles. The molecule has 1 unspecified atom stereocenters. The molecule has 4 heteroatoms. The zero-order valence-electron chi connectivity index (χ0n) is 10.8. The molecule has 0 spiro atoms. The van der Waals surface area contributed by atoms with Crippen molar-refractivity contribution < 1.29 is 4.79 Å². The standard InChI is InChI=1S/C13H21N3O/c1-10(2)15-7-4-5-12(15)13(17)16-8-6-14-9-11(16)3/h4-5,7,10-11,14H,6,8-9H2,1-3H3. The number of nitrogens with zero attached hydrogens (tertiary/aromatic N) is 2. The molecule has 1 aliphatic heterocycles. The minimum absolute atomic E-state index is 0.151. The van der Waals surface area contributed by atoms with Crippen LogP contribution in [0.5, 0.6) is 0 Å². The smallest absolute Gasteiger partial charge is 0.270 e. The van der Waals surface area contributed by atoms with E-state index in [0.717, 1.165) is 25.3 Å². The second-order valence-electron chi connectivity index (χ2n) is 4.95. The van der Waals surface area contributed by atoms with Gasteiger partial charge in [0.2, 0.25) is 0 Å². The molecule has 1 aliphatic rings. The van der Waals surface area contributed by atoms with Crippen LogP contribution in [0, 0.1) is 0 Å². The number of hydrogen-bond donors (Lipinski definition) is 1. The van der Waals surface area contributed by atoms with Gasteiger partial charge >= 0.3 is 0 Å². The van der Waals surface area contributed by atoms with Gasteiger partial charge in [-0.2, -0.15) is 0 Å². The van der Waals surface area contributed by atoms with Gasteiger partial charge in [-0.25, -0.2) is 0 Å². The van der Waals surface area contributed by atoms with Gasteiger partial charge in [0.15, 0.2) is 0 Å². The molecule has 94 valence electrons. The lowest BCUT2D eigenvalue weighted by molar-refractivity contribution is 0.0643. The van der Waals surface area contributed by atoms with E-state index in [1.54, 1.807) is 0 Å². The van der Waals surface area contributed by atoms with E-state index in [9.17, 15) is 4.79 Å². The maximum Gasteiger partial charge on any atom is 0.270 e. The number of carbonyl (C=O) groups excluding carboxylic acids is 1. The van der Waals surface area contributed by atoms with Crippen LogP contribution in [0.4, 0.5) is 0 Å². The molecule has 17 heavy (non-hydrogen) atoms. The first-order chi connectivity index (χ1) is 8.11. The van der Waals surface area contributed by atoms with Crippen LogP contribution in [0.2, 0.25) is 0 Å². The molecule has 4 nitrogen and oxygen atoms in total. The molecule has 1 aromatic heterocycles. The highest BCUT2D eigenvalue weighted by molar-refractivity contribution is 5.93. The topological polar surface area (TPSA) is 37.3 Å². The van der Waals surface area contributed by atoms with Gasteiger partial charge in [0.25, 0.3) is 5.91 Å². The number of amides is 1. The van der Waals surface area contributed by atoms with E-state index in [4.69, 9.17) is 0 Å². The Morgan fingerprint density at radius 3 is 2.94 bits per heavy atom. The monoisotopic (exact) mass is 235 g/mol. The van der Waals surface area contributed by atoms with Crippen molar-refractivity contribution in [3.05, 3.63) is 24.0 Å². The molecule has 1 N–H and O–H groups in total. The molecule has 0 radical (unpaired) electrons. The molecule has 1 saturated heterocycles. The second-order valence-corrected chi connectivity index (χ2v) is 4.95. The van der Waals surface area contributed by atoms with Crippen LogP contribution in [0.3, 0.4) is 0 Å². The molecule has 1 atom stereocenters. The lowest BCUT2D eigenvalue weighted by atomic mass is 10.2. The third-order valence-corrected chi connectivity index (χ3v) is 3.32. The van der Waals surface area contributed by atoms with Gasteiger partial charge in [0.05, 0.1) is 0 Å². The number of piperazine rings is 1. The Kier molecular flexibility index (Phi) is 3.52. The highest BCUT2D eigenvalue weighted by Crippen LogP contribution is 2.15. The van der Waals surface area contributed by atoms with Gasteiger partial charge < -0.3 is 14.8 Å². The van der Waals surface area contributed by atoms with Crippen molar-refractivity contribution in [3.63, 3.8) is 0 Å². The van der Waals surface area contributed by atoms with E-state index in [0.29, 0.717) is 6.04 Å². The van der Waals surface area contributed by atoms with E-state index < -0.39 is 0 Å². The summed E-state index contributed by atoms with van der Waals surface area (Å²) in [6.45, 7) is 8.85. The molecule has 2 rings (SSSR count). The quantitative estimate of drug-likeness (QED) is 0.843.